The molecule has 1 aromatic rings. The molecule has 0 aromatic carbocycles. The number of carbonyl (C=O) groups is 1. The van der Waals surface area contributed by atoms with Crippen LogP contribution in [0.25, 0.3) is 0 Å². The van der Waals surface area contributed by atoms with Gasteiger partial charge in [-0.2, -0.15) is 0 Å². The van der Waals surface area contributed by atoms with Crippen LogP contribution < -0.4 is 0 Å². The van der Waals surface area contributed by atoms with Crippen LogP contribution in [0.15, 0.2) is 22.8 Å². The Morgan fingerprint density at radius 2 is 2.05 bits per heavy atom. The molecule has 1 aromatic heterocycles. The van der Waals surface area contributed by atoms with E-state index in [1.807, 2.05) is 12.1 Å². The average molecular weight is 292 g/mol. The molecule has 0 aliphatic carbocycles. The fraction of sp³-hybridized carbons (Fsp3) is 0.706. The zero-order chi connectivity index (χ0) is 15.1. The second-order valence-corrected chi connectivity index (χ2v) is 5.93. The Bertz CT molecular complexity index is 408. The zero-order valence-corrected chi connectivity index (χ0v) is 13.4. The molecule has 2 rings (SSSR count). The monoisotopic (exact) mass is 292 g/mol. The molecule has 118 valence electrons. The van der Waals surface area contributed by atoms with Crippen LogP contribution in [-0.4, -0.2) is 41.9 Å². The summed E-state index contributed by atoms with van der Waals surface area (Å²) in [4.78, 5) is 17.0. The minimum absolute atomic E-state index is 0.224. The lowest BCUT2D eigenvalue weighted by Gasteiger charge is -2.36. The van der Waals surface area contributed by atoms with Gasteiger partial charge in [-0.1, -0.05) is 26.7 Å². The van der Waals surface area contributed by atoms with Crippen molar-refractivity contribution in [3.63, 3.8) is 0 Å². The van der Waals surface area contributed by atoms with Crippen molar-refractivity contribution in [1.82, 2.24) is 9.80 Å². The number of carbonyl (C=O) groups excluding carboxylic acids is 1. The molecular formula is C17H28N2O2. The molecule has 0 saturated carbocycles. The van der Waals surface area contributed by atoms with Gasteiger partial charge in [0.15, 0.2) is 0 Å². The van der Waals surface area contributed by atoms with E-state index in [1.165, 1.54) is 6.42 Å². The van der Waals surface area contributed by atoms with E-state index in [-0.39, 0.29) is 5.92 Å². The Kier molecular flexibility index (Phi) is 6.30. The lowest BCUT2D eigenvalue weighted by Crippen LogP contribution is -2.49. The summed E-state index contributed by atoms with van der Waals surface area (Å²) in [6.07, 6.45) is 6.04. The van der Waals surface area contributed by atoms with E-state index >= 15 is 0 Å². The lowest BCUT2D eigenvalue weighted by atomic mass is 9.97. The Hall–Kier alpha value is -1.29. The van der Waals surface area contributed by atoms with Crippen molar-refractivity contribution >= 4 is 5.91 Å². The van der Waals surface area contributed by atoms with Gasteiger partial charge in [0.25, 0.3) is 0 Å². The second kappa shape index (κ2) is 8.23. The van der Waals surface area contributed by atoms with E-state index in [0.717, 1.165) is 57.7 Å². The van der Waals surface area contributed by atoms with E-state index in [9.17, 15) is 4.79 Å². The van der Waals surface area contributed by atoms with Crippen LogP contribution in [0, 0.1) is 5.92 Å². The van der Waals surface area contributed by atoms with Gasteiger partial charge >= 0.3 is 0 Å². The molecule has 0 bridgehead atoms. The molecule has 0 N–H and O–H groups in total. The SMILES string of the molecule is CCCC[C@@H](CC)C(=O)N1CCN(Cc2ccco2)CC1. The Labute approximate surface area is 128 Å². The normalized spacial score (nSPS) is 17.9. The number of hydrogen-bond acceptors (Lipinski definition) is 3. The van der Waals surface area contributed by atoms with Gasteiger partial charge in [-0.05, 0) is 25.0 Å². The largest absolute Gasteiger partial charge is 0.468 e. The number of amides is 1. The van der Waals surface area contributed by atoms with Gasteiger partial charge in [0.1, 0.15) is 5.76 Å². The summed E-state index contributed by atoms with van der Waals surface area (Å²) in [6, 6.07) is 3.93. The average Bonchev–Trinajstić information content (AvgIpc) is 3.01. The quantitative estimate of drug-likeness (QED) is 0.774. The van der Waals surface area contributed by atoms with Gasteiger partial charge in [0.05, 0.1) is 12.8 Å². The number of rotatable bonds is 7. The molecule has 0 spiro atoms. The first-order valence-corrected chi connectivity index (χ1v) is 8.28. The first kappa shape index (κ1) is 16.1. The first-order valence-electron chi connectivity index (χ1n) is 8.28. The Morgan fingerprint density at radius 1 is 1.29 bits per heavy atom. The number of hydrogen-bond donors (Lipinski definition) is 0. The molecule has 21 heavy (non-hydrogen) atoms. The van der Waals surface area contributed by atoms with Gasteiger partial charge in [0, 0.05) is 32.1 Å². The highest BCUT2D eigenvalue weighted by atomic mass is 16.3. The third-order valence-electron chi connectivity index (χ3n) is 4.39. The van der Waals surface area contributed by atoms with Gasteiger partial charge < -0.3 is 9.32 Å². The van der Waals surface area contributed by atoms with Crippen LogP contribution in [0.1, 0.15) is 45.3 Å². The van der Waals surface area contributed by atoms with Crippen molar-refractivity contribution in [2.45, 2.75) is 46.1 Å². The van der Waals surface area contributed by atoms with Crippen molar-refractivity contribution in [3.8, 4) is 0 Å². The maximum atomic E-state index is 12.5. The fourth-order valence-electron chi connectivity index (χ4n) is 2.96. The summed E-state index contributed by atoms with van der Waals surface area (Å²) in [7, 11) is 0. The highest BCUT2D eigenvalue weighted by Gasteiger charge is 2.26. The molecule has 1 aliphatic rings. The van der Waals surface area contributed by atoms with Crippen molar-refractivity contribution in [2.75, 3.05) is 26.2 Å². The maximum absolute atomic E-state index is 12.5. The van der Waals surface area contributed by atoms with Crippen LogP contribution >= 0.6 is 0 Å². The van der Waals surface area contributed by atoms with Crippen LogP contribution in [0.5, 0.6) is 0 Å². The van der Waals surface area contributed by atoms with Crippen molar-refractivity contribution in [1.29, 1.82) is 0 Å². The number of furan rings is 1. The fourth-order valence-corrected chi connectivity index (χ4v) is 2.96. The Balaban J connectivity index is 1.78. The molecule has 4 heteroatoms. The number of unbranched alkanes of at least 4 members (excludes halogenated alkanes) is 1. The third-order valence-corrected chi connectivity index (χ3v) is 4.39. The van der Waals surface area contributed by atoms with Crippen LogP contribution in [0.3, 0.4) is 0 Å². The molecule has 1 amide bonds. The summed E-state index contributed by atoms with van der Waals surface area (Å²) in [5, 5.41) is 0. The van der Waals surface area contributed by atoms with Crippen molar-refractivity contribution < 1.29 is 9.21 Å². The van der Waals surface area contributed by atoms with E-state index < -0.39 is 0 Å². The van der Waals surface area contributed by atoms with Crippen molar-refractivity contribution in [3.05, 3.63) is 24.2 Å². The molecule has 1 aliphatic heterocycles. The molecule has 1 saturated heterocycles. The lowest BCUT2D eigenvalue weighted by molar-refractivity contribution is -0.137. The van der Waals surface area contributed by atoms with E-state index in [2.05, 4.69) is 23.6 Å². The van der Waals surface area contributed by atoms with Crippen LogP contribution in [0.4, 0.5) is 0 Å². The summed E-state index contributed by atoms with van der Waals surface area (Å²) in [6.45, 7) is 8.75. The number of piperazine rings is 1. The third kappa shape index (κ3) is 4.60. The molecule has 4 nitrogen and oxygen atoms in total. The molecule has 1 fully saturated rings. The highest BCUT2D eigenvalue weighted by molar-refractivity contribution is 5.78. The molecule has 2 heterocycles. The van der Waals surface area contributed by atoms with E-state index in [1.54, 1.807) is 6.26 Å². The number of nitrogens with zero attached hydrogens (tertiary/aromatic N) is 2. The van der Waals surface area contributed by atoms with Gasteiger partial charge in [-0.25, -0.2) is 0 Å². The van der Waals surface area contributed by atoms with E-state index in [0.29, 0.717) is 5.91 Å². The predicted octanol–water partition coefficient (Wildman–Crippen LogP) is 3.14. The van der Waals surface area contributed by atoms with Crippen molar-refractivity contribution in [2.24, 2.45) is 5.92 Å². The molecule has 0 unspecified atom stereocenters. The topological polar surface area (TPSA) is 36.7 Å². The van der Waals surface area contributed by atoms with Gasteiger partial charge in [0.2, 0.25) is 5.91 Å². The predicted molar refractivity (Wildman–Crippen MR) is 83.9 cm³/mol. The molecular weight excluding hydrogens is 264 g/mol. The first-order chi connectivity index (χ1) is 10.2. The standard InChI is InChI=1S/C17H28N2O2/c1-3-5-7-15(4-2)17(20)19-11-9-18(10-12-19)14-16-8-6-13-21-16/h6,8,13,15H,3-5,7,9-12,14H2,1-2H3/t15-/m1/s1. The minimum atomic E-state index is 0.224. The highest BCUT2D eigenvalue weighted by Crippen LogP contribution is 2.18. The maximum Gasteiger partial charge on any atom is 0.225 e. The zero-order valence-electron chi connectivity index (χ0n) is 13.4. The van der Waals surface area contributed by atoms with Crippen LogP contribution in [0.2, 0.25) is 0 Å². The van der Waals surface area contributed by atoms with Gasteiger partial charge in [-0.15, -0.1) is 0 Å². The molecule has 0 radical (unpaired) electrons. The van der Waals surface area contributed by atoms with E-state index in [4.69, 9.17) is 4.42 Å². The van der Waals surface area contributed by atoms with Crippen LogP contribution in [-0.2, 0) is 11.3 Å². The Morgan fingerprint density at radius 3 is 2.62 bits per heavy atom. The summed E-state index contributed by atoms with van der Waals surface area (Å²) < 4.78 is 5.39. The minimum Gasteiger partial charge on any atom is -0.468 e. The summed E-state index contributed by atoms with van der Waals surface area (Å²) in [5.41, 5.74) is 0. The summed E-state index contributed by atoms with van der Waals surface area (Å²) >= 11 is 0. The smallest absolute Gasteiger partial charge is 0.225 e. The summed E-state index contributed by atoms with van der Waals surface area (Å²) in [5.74, 6) is 1.59. The van der Waals surface area contributed by atoms with Gasteiger partial charge in [-0.3, -0.25) is 9.69 Å². The second-order valence-electron chi connectivity index (χ2n) is 5.93. The molecule has 1 atom stereocenters.